The number of aryl methyl sites for hydroxylation is 1. The normalized spacial score (nSPS) is 18.6. The van der Waals surface area contributed by atoms with E-state index in [2.05, 4.69) is 0 Å². The first-order chi connectivity index (χ1) is 14.4. The SMILES string of the molecule is Cc1cc2c(cc(C(=O)N3CCC4(CC3)OCCO4)n2Cc2ccc(F)cc2F)o1. The summed E-state index contributed by atoms with van der Waals surface area (Å²) < 4.78 is 46.5. The number of hydrogen-bond acceptors (Lipinski definition) is 4. The number of carbonyl (C=O) groups excluding carboxylic acids is 1. The molecule has 0 atom stereocenters. The number of halogens is 2. The topological polar surface area (TPSA) is 56.8 Å². The van der Waals surface area contributed by atoms with E-state index in [0.717, 1.165) is 6.07 Å². The Morgan fingerprint density at radius 1 is 1.10 bits per heavy atom. The van der Waals surface area contributed by atoms with Gasteiger partial charge in [0.1, 0.15) is 23.1 Å². The van der Waals surface area contributed by atoms with Crippen molar-refractivity contribution in [2.24, 2.45) is 0 Å². The van der Waals surface area contributed by atoms with Crippen LogP contribution in [0, 0.1) is 18.6 Å². The molecule has 6 nitrogen and oxygen atoms in total. The average Bonchev–Trinajstić information content (AvgIpc) is 3.40. The smallest absolute Gasteiger partial charge is 0.270 e. The van der Waals surface area contributed by atoms with Crippen molar-refractivity contribution in [2.45, 2.75) is 32.1 Å². The number of rotatable bonds is 3. The summed E-state index contributed by atoms with van der Waals surface area (Å²) in [5, 5.41) is 0. The third kappa shape index (κ3) is 3.30. The van der Waals surface area contributed by atoms with E-state index < -0.39 is 17.4 Å². The Balaban J connectivity index is 1.46. The molecular weight excluding hydrogens is 394 g/mol. The molecule has 2 saturated heterocycles. The highest BCUT2D eigenvalue weighted by molar-refractivity contribution is 5.97. The summed E-state index contributed by atoms with van der Waals surface area (Å²) in [6.07, 6.45) is 1.22. The number of nitrogens with zero attached hydrogens (tertiary/aromatic N) is 2. The minimum atomic E-state index is -0.647. The fourth-order valence-electron chi connectivity index (χ4n) is 4.33. The van der Waals surface area contributed by atoms with Crippen molar-refractivity contribution in [3.8, 4) is 0 Å². The van der Waals surface area contributed by atoms with Gasteiger partial charge in [-0.05, 0) is 13.0 Å². The van der Waals surface area contributed by atoms with Crippen LogP contribution < -0.4 is 0 Å². The first-order valence-electron chi connectivity index (χ1n) is 10.0. The zero-order valence-corrected chi connectivity index (χ0v) is 16.6. The first kappa shape index (κ1) is 19.3. The molecule has 1 spiro atoms. The molecule has 2 aliphatic heterocycles. The molecule has 158 valence electrons. The maximum absolute atomic E-state index is 14.3. The van der Waals surface area contributed by atoms with E-state index in [-0.39, 0.29) is 12.5 Å². The minimum absolute atomic E-state index is 0.0969. The number of aromatic nitrogens is 1. The van der Waals surface area contributed by atoms with Gasteiger partial charge in [0.15, 0.2) is 11.4 Å². The highest BCUT2D eigenvalue weighted by Crippen LogP contribution is 2.33. The third-order valence-corrected chi connectivity index (χ3v) is 5.90. The van der Waals surface area contributed by atoms with E-state index >= 15 is 0 Å². The molecule has 0 radical (unpaired) electrons. The molecule has 1 amide bonds. The lowest BCUT2D eigenvalue weighted by molar-refractivity contribution is -0.181. The molecule has 0 aliphatic carbocycles. The zero-order chi connectivity index (χ0) is 20.9. The summed E-state index contributed by atoms with van der Waals surface area (Å²) in [5.74, 6) is -1.31. The lowest BCUT2D eigenvalue weighted by Gasteiger charge is -2.37. The van der Waals surface area contributed by atoms with Crippen LogP contribution >= 0.6 is 0 Å². The van der Waals surface area contributed by atoms with Crippen LogP contribution in [0.15, 0.2) is 34.7 Å². The van der Waals surface area contributed by atoms with Crippen LogP contribution in [0.5, 0.6) is 0 Å². The summed E-state index contributed by atoms with van der Waals surface area (Å²) in [5.41, 5.74) is 1.98. The number of fused-ring (bicyclic) bond motifs is 1. The van der Waals surface area contributed by atoms with Crippen molar-refractivity contribution in [1.82, 2.24) is 9.47 Å². The van der Waals surface area contributed by atoms with Gasteiger partial charge in [0, 0.05) is 49.7 Å². The number of piperidine rings is 1. The predicted octanol–water partition coefficient (Wildman–Crippen LogP) is 3.85. The summed E-state index contributed by atoms with van der Waals surface area (Å²) >= 11 is 0. The van der Waals surface area contributed by atoms with Crippen molar-refractivity contribution in [1.29, 1.82) is 0 Å². The summed E-state index contributed by atoms with van der Waals surface area (Å²) in [6, 6.07) is 6.98. The summed E-state index contributed by atoms with van der Waals surface area (Å²) in [7, 11) is 0. The lowest BCUT2D eigenvalue weighted by Crippen LogP contribution is -2.47. The molecule has 5 rings (SSSR count). The number of amides is 1. The lowest BCUT2D eigenvalue weighted by atomic mass is 10.0. The van der Waals surface area contributed by atoms with Crippen molar-refractivity contribution in [3.63, 3.8) is 0 Å². The number of ether oxygens (including phenoxy) is 2. The van der Waals surface area contributed by atoms with Gasteiger partial charge >= 0.3 is 0 Å². The highest BCUT2D eigenvalue weighted by Gasteiger charge is 2.41. The zero-order valence-electron chi connectivity index (χ0n) is 16.6. The second-order valence-electron chi connectivity index (χ2n) is 7.86. The molecule has 1 aromatic carbocycles. The van der Waals surface area contributed by atoms with Gasteiger partial charge in [-0.3, -0.25) is 4.79 Å². The number of hydrogen-bond donors (Lipinski definition) is 0. The second-order valence-corrected chi connectivity index (χ2v) is 7.86. The van der Waals surface area contributed by atoms with E-state index in [9.17, 15) is 13.6 Å². The molecule has 30 heavy (non-hydrogen) atoms. The molecule has 8 heteroatoms. The van der Waals surface area contributed by atoms with Crippen molar-refractivity contribution in [2.75, 3.05) is 26.3 Å². The van der Waals surface area contributed by atoms with Gasteiger partial charge in [-0.2, -0.15) is 0 Å². The second kappa shape index (κ2) is 7.21. The maximum Gasteiger partial charge on any atom is 0.270 e. The molecule has 2 fully saturated rings. The van der Waals surface area contributed by atoms with Gasteiger partial charge in [0.2, 0.25) is 0 Å². The van der Waals surface area contributed by atoms with Crippen molar-refractivity contribution >= 4 is 17.0 Å². The Kier molecular flexibility index (Phi) is 4.63. The fraction of sp³-hybridized carbons (Fsp3) is 0.409. The van der Waals surface area contributed by atoms with E-state index in [4.69, 9.17) is 13.9 Å². The van der Waals surface area contributed by atoms with Crippen molar-refractivity contribution < 1.29 is 27.5 Å². The number of carbonyl (C=O) groups is 1. The predicted molar refractivity (Wildman–Crippen MR) is 104 cm³/mol. The number of likely N-dealkylation sites (tertiary alicyclic amines) is 1. The molecule has 0 N–H and O–H groups in total. The standard InChI is InChI=1S/C22H22F2N2O4/c1-14-10-18-20(30-14)12-19(26(18)13-15-2-3-16(23)11-17(15)24)21(27)25-6-4-22(5-7-25)28-8-9-29-22/h2-3,10-12H,4-9,13H2,1H3. The molecule has 0 unspecified atom stereocenters. The van der Waals surface area contributed by atoms with E-state index in [0.29, 0.717) is 67.3 Å². The van der Waals surface area contributed by atoms with Crippen LogP contribution in [0.1, 0.15) is 34.7 Å². The first-order valence-corrected chi connectivity index (χ1v) is 10.0. The molecule has 2 aromatic heterocycles. The van der Waals surface area contributed by atoms with Gasteiger partial charge in [-0.15, -0.1) is 0 Å². The Hall–Kier alpha value is -2.71. The largest absolute Gasteiger partial charge is 0.460 e. The van der Waals surface area contributed by atoms with Crippen LogP contribution in [0.25, 0.3) is 11.1 Å². The molecule has 0 saturated carbocycles. The summed E-state index contributed by atoms with van der Waals surface area (Å²) in [6.45, 7) is 4.09. The van der Waals surface area contributed by atoms with E-state index in [1.165, 1.54) is 12.1 Å². The van der Waals surface area contributed by atoms with Gasteiger partial charge < -0.3 is 23.4 Å². The minimum Gasteiger partial charge on any atom is -0.460 e. The van der Waals surface area contributed by atoms with Crippen LogP contribution in [-0.2, 0) is 16.0 Å². The quantitative estimate of drug-likeness (QED) is 0.651. The van der Waals surface area contributed by atoms with Gasteiger partial charge in [-0.25, -0.2) is 8.78 Å². The molecule has 3 aromatic rings. The highest BCUT2D eigenvalue weighted by atomic mass is 19.1. The van der Waals surface area contributed by atoms with Gasteiger partial charge in [0.05, 0.1) is 25.3 Å². The molecule has 0 bridgehead atoms. The maximum atomic E-state index is 14.3. The summed E-state index contributed by atoms with van der Waals surface area (Å²) in [4.78, 5) is 15.1. The molecule has 2 aliphatic rings. The van der Waals surface area contributed by atoms with E-state index in [1.54, 1.807) is 15.5 Å². The van der Waals surface area contributed by atoms with Crippen molar-refractivity contribution in [3.05, 3.63) is 59.0 Å². The van der Waals surface area contributed by atoms with E-state index in [1.807, 2.05) is 13.0 Å². The Morgan fingerprint density at radius 3 is 2.53 bits per heavy atom. The van der Waals surface area contributed by atoms with Crippen LogP contribution in [0.3, 0.4) is 0 Å². The van der Waals surface area contributed by atoms with Gasteiger partial charge in [-0.1, -0.05) is 6.07 Å². The van der Waals surface area contributed by atoms with Crippen LogP contribution in [0.4, 0.5) is 8.78 Å². The van der Waals surface area contributed by atoms with Crippen LogP contribution in [-0.4, -0.2) is 47.5 Å². The van der Waals surface area contributed by atoms with Crippen LogP contribution in [0.2, 0.25) is 0 Å². The molecule has 4 heterocycles. The molecular formula is C22H22F2N2O4. The average molecular weight is 416 g/mol. The Morgan fingerprint density at radius 2 is 1.83 bits per heavy atom. The fourth-order valence-corrected chi connectivity index (χ4v) is 4.33. The Labute approximate surface area is 172 Å². The monoisotopic (exact) mass is 416 g/mol. The number of furan rings is 1. The Bertz CT molecular complexity index is 1100. The number of benzene rings is 1. The third-order valence-electron chi connectivity index (χ3n) is 5.90. The van der Waals surface area contributed by atoms with Gasteiger partial charge in [0.25, 0.3) is 5.91 Å².